The largest absolute Gasteiger partial charge is 0.494 e. The van der Waals surface area contributed by atoms with Crippen LogP contribution in [0.15, 0.2) is 41.4 Å². The lowest BCUT2D eigenvalue weighted by molar-refractivity contribution is -0.385. The fourth-order valence-corrected chi connectivity index (χ4v) is 3.40. The summed E-state index contributed by atoms with van der Waals surface area (Å²) >= 11 is 0. The number of aromatic hydroxyl groups is 1. The van der Waals surface area contributed by atoms with Crippen LogP contribution in [0.2, 0.25) is 0 Å². The molecular formula is C18H13N3O4. The summed E-state index contributed by atoms with van der Waals surface area (Å²) in [6.45, 7) is 1.91. The van der Waals surface area contributed by atoms with Gasteiger partial charge in [0, 0.05) is 29.8 Å². The number of nitrogens with zero attached hydrogens (tertiary/aromatic N) is 3. The molecule has 0 atom stereocenters. The lowest BCUT2D eigenvalue weighted by Crippen LogP contribution is -2.23. The minimum absolute atomic E-state index is 0.0674. The van der Waals surface area contributed by atoms with Gasteiger partial charge < -0.3 is 9.67 Å². The quantitative estimate of drug-likeness (QED) is 0.566. The van der Waals surface area contributed by atoms with E-state index >= 15 is 0 Å². The Kier molecular flexibility index (Phi) is 3.02. The standard InChI is InChI=1S/C18H13N3O4/c1-9-4-3-5-11-15(18(23)20(2)16(9)11)14-12-8-10(21(24)25)6-7-13(12)19-17(14)22/h3-8,23H,1-2H3. The number of hydrogen-bond donors (Lipinski definition) is 1. The van der Waals surface area contributed by atoms with E-state index in [-0.39, 0.29) is 17.1 Å². The van der Waals surface area contributed by atoms with Gasteiger partial charge in [-0.25, -0.2) is 4.99 Å². The van der Waals surface area contributed by atoms with Crippen molar-refractivity contribution >= 4 is 28.1 Å². The number of nitro groups is 1. The van der Waals surface area contributed by atoms with E-state index in [0.29, 0.717) is 21.5 Å². The predicted octanol–water partition coefficient (Wildman–Crippen LogP) is 1.46. The average Bonchev–Trinajstić information content (AvgIpc) is 3.02. The topological polar surface area (TPSA) is 97.7 Å². The SMILES string of the molecule is Cc1cccc2c(C3=c4cc([N+](=O)[O-])ccc4=NC3=O)c(O)n(C)c12. The van der Waals surface area contributed by atoms with Gasteiger partial charge in [-0.2, -0.15) is 0 Å². The molecule has 0 radical (unpaired) electrons. The summed E-state index contributed by atoms with van der Waals surface area (Å²) in [5.41, 5.74) is 2.16. The van der Waals surface area contributed by atoms with Crippen LogP contribution in [0.1, 0.15) is 11.1 Å². The second-order valence-corrected chi connectivity index (χ2v) is 5.98. The van der Waals surface area contributed by atoms with E-state index in [4.69, 9.17) is 0 Å². The van der Waals surface area contributed by atoms with Crippen LogP contribution in [0.25, 0.3) is 16.5 Å². The predicted molar refractivity (Wildman–Crippen MR) is 90.7 cm³/mol. The Morgan fingerprint density at radius 1 is 1.24 bits per heavy atom. The van der Waals surface area contributed by atoms with Crippen molar-refractivity contribution in [2.45, 2.75) is 6.92 Å². The Morgan fingerprint density at radius 2 is 2.00 bits per heavy atom. The number of aromatic nitrogens is 1. The monoisotopic (exact) mass is 335 g/mol. The highest BCUT2D eigenvalue weighted by Crippen LogP contribution is 2.36. The minimum atomic E-state index is -0.520. The number of aryl methyl sites for hydroxylation is 2. The molecule has 7 nitrogen and oxygen atoms in total. The fourth-order valence-electron chi connectivity index (χ4n) is 3.40. The fraction of sp³-hybridized carbons (Fsp3) is 0.111. The van der Waals surface area contributed by atoms with Crippen LogP contribution in [0.4, 0.5) is 5.69 Å². The van der Waals surface area contributed by atoms with Gasteiger partial charge in [-0.05, 0) is 18.6 Å². The number of non-ortho nitro benzene ring substituents is 1. The van der Waals surface area contributed by atoms with E-state index in [0.717, 1.165) is 11.1 Å². The van der Waals surface area contributed by atoms with Gasteiger partial charge in [-0.3, -0.25) is 14.9 Å². The molecule has 124 valence electrons. The van der Waals surface area contributed by atoms with Crippen LogP contribution >= 0.6 is 0 Å². The van der Waals surface area contributed by atoms with Gasteiger partial charge in [0.25, 0.3) is 11.6 Å². The van der Waals surface area contributed by atoms with Crippen LogP contribution in [0.5, 0.6) is 5.88 Å². The maximum atomic E-state index is 12.5. The highest BCUT2D eigenvalue weighted by molar-refractivity contribution is 6.25. The van der Waals surface area contributed by atoms with Crippen LogP contribution in [-0.2, 0) is 11.8 Å². The van der Waals surface area contributed by atoms with Crippen molar-refractivity contribution < 1.29 is 14.8 Å². The molecule has 2 heterocycles. The Morgan fingerprint density at radius 3 is 2.72 bits per heavy atom. The number of benzene rings is 2. The number of para-hydroxylation sites is 1. The molecule has 4 rings (SSSR count). The Balaban J connectivity index is 2.19. The van der Waals surface area contributed by atoms with Crippen molar-refractivity contribution in [1.29, 1.82) is 0 Å². The number of fused-ring (bicyclic) bond motifs is 2. The van der Waals surface area contributed by atoms with E-state index in [2.05, 4.69) is 4.99 Å². The molecule has 0 fully saturated rings. The molecule has 7 heteroatoms. The first-order chi connectivity index (χ1) is 11.9. The van der Waals surface area contributed by atoms with Crippen molar-refractivity contribution in [2.75, 3.05) is 0 Å². The van der Waals surface area contributed by atoms with Crippen LogP contribution in [0, 0.1) is 17.0 Å². The van der Waals surface area contributed by atoms with Crippen molar-refractivity contribution in [3.8, 4) is 5.88 Å². The number of carbonyl (C=O) groups excluding carboxylic acids is 1. The van der Waals surface area contributed by atoms with Crippen LogP contribution in [-0.4, -0.2) is 20.5 Å². The lowest BCUT2D eigenvalue weighted by Gasteiger charge is -2.01. The third kappa shape index (κ3) is 1.99. The van der Waals surface area contributed by atoms with E-state index in [1.165, 1.54) is 18.2 Å². The highest BCUT2D eigenvalue weighted by Gasteiger charge is 2.27. The van der Waals surface area contributed by atoms with Gasteiger partial charge in [0.2, 0.25) is 0 Å². The molecule has 0 aliphatic carbocycles. The van der Waals surface area contributed by atoms with Gasteiger partial charge in [0.15, 0.2) is 5.88 Å². The molecule has 25 heavy (non-hydrogen) atoms. The summed E-state index contributed by atoms with van der Waals surface area (Å²) in [6, 6.07) is 9.65. The van der Waals surface area contributed by atoms with Gasteiger partial charge >= 0.3 is 0 Å². The number of nitro benzene ring substituents is 1. The highest BCUT2D eigenvalue weighted by atomic mass is 16.6. The van der Waals surface area contributed by atoms with E-state index < -0.39 is 10.8 Å². The molecule has 0 spiro atoms. The van der Waals surface area contributed by atoms with E-state index in [1.807, 2.05) is 25.1 Å². The summed E-state index contributed by atoms with van der Waals surface area (Å²) < 4.78 is 1.61. The minimum Gasteiger partial charge on any atom is -0.494 e. The van der Waals surface area contributed by atoms with Crippen molar-refractivity contribution in [2.24, 2.45) is 12.0 Å². The first-order valence-electron chi connectivity index (χ1n) is 7.59. The van der Waals surface area contributed by atoms with Crippen LogP contribution in [0.3, 0.4) is 0 Å². The second kappa shape index (κ2) is 5.01. The molecule has 0 saturated carbocycles. The Labute approximate surface area is 141 Å². The first-order valence-corrected chi connectivity index (χ1v) is 7.59. The number of hydrogen-bond acceptors (Lipinski definition) is 4. The number of rotatable bonds is 2. The van der Waals surface area contributed by atoms with Gasteiger partial charge in [0.1, 0.15) is 0 Å². The smallest absolute Gasteiger partial charge is 0.279 e. The molecule has 3 aromatic rings. The number of amides is 1. The number of carbonyl (C=O) groups is 1. The van der Waals surface area contributed by atoms with Crippen molar-refractivity contribution in [3.05, 3.63) is 68.2 Å². The Hall–Kier alpha value is -3.48. The van der Waals surface area contributed by atoms with Gasteiger partial charge in [-0.1, -0.05) is 18.2 Å². The first kappa shape index (κ1) is 15.1. The zero-order chi connectivity index (χ0) is 17.9. The third-order valence-electron chi connectivity index (χ3n) is 4.53. The maximum Gasteiger partial charge on any atom is 0.279 e. The Bertz CT molecular complexity index is 1220. The average molecular weight is 335 g/mol. The van der Waals surface area contributed by atoms with E-state index in [1.54, 1.807) is 11.6 Å². The second-order valence-electron chi connectivity index (χ2n) is 5.98. The summed E-state index contributed by atoms with van der Waals surface area (Å²) in [6.07, 6.45) is 0. The molecular weight excluding hydrogens is 322 g/mol. The molecule has 0 saturated heterocycles. The zero-order valence-electron chi connectivity index (χ0n) is 13.5. The maximum absolute atomic E-state index is 12.5. The summed E-state index contributed by atoms with van der Waals surface area (Å²) in [4.78, 5) is 27.0. The zero-order valence-corrected chi connectivity index (χ0v) is 13.5. The summed E-state index contributed by atoms with van der Waals surface area (Å²) in [7, 11) is 1.71. The summed E-state index contributed by atoms with van der Waals surface area (Å²) in [5, 5.41) is 23.2. The molecule has 1 amide bonds. The van der Waals surface area contributed by atoms with Crippen molar-refractivity contribution in [3.63, 3.8) is 0 Å². The molecule has 1 aliphatic heterocycles. The molecule has 1 aromatic heterocycles. The molecule has 2 aromatic carbocycles. The lowest BCUT2D eigenvalue weighted by atomic mass is 10.0. The van der Waals surface area contributed by atoms with Crippen LogP contribution < -0.4 is 10.6 Å². The van der Waals surface area contributed by atoms with Gasteiger partial charge in [0.05, 0.1) is 26.9 Å². The molecule has 0 bridgehead atoms. The van der Waals surface area contributed by atoms with Crippen molar-refractivity contribution in [1.82, 2.24) is 4.57 Å². The van der Waals surface area contributed by atoms with E-state index in [9.17, 15) is 20.0 Å². The molecule has 0 unspecified atom stereocenters. The molecule has 1 N–H and O–H groups in total. The summed E-state index contributed by atoms with van der Waals surface area (Å²) in [5.74, 6) is -0.581. The third-order valence-corrected chi connectivity index (χ3v) is 4.53. The van der Waals surface area contributed by atoms with Gasteiger partial charge in [-0.15, -0.1) is 0 Å². The molecule has 1 aliphatic rings. The normalized spacial score (nSPS) is 13.2.